The minimum atomic E-state index is -3.95. The third kappa shape index (κ3) is 3.08. The number of hydrogen-bond donors (Lipinski definition) is 2. The Labute approximate surface area is 106 Å². The van der Waals surface area contributed by atoms with Crippen LogP contribution in [0.4, 0.5) is 0 Å². The normalized spacial score (nSPS) is 13.7. The zero-order chi connectivity index (χ0) is 12.5. The summed E-state index contributed by atoms with van der Waals surface area (Å²) in [5.41, 5.74) is 0. The Kier molecular flexibility index (Phi) is 4.19. The quantitative estimate of drug-likeness (QED) is 0.888. The Balaban J connectivity index is 3.03. The van der Waals surface area contributed by atoms with Crippen molar-refractivity contribution in [2.24, 2.45) is 0 Å². The number of thiophene rings is 1. The lowest BCUT2D eigenvalue weighted by Crippen LogP contribution is -2.38. The van der Waals surface area contributed by atoms with Gasteiger partial charge in [0, 0.05) is 0 Å². The van der Waals surface area contributed by atoms with Crippen molar-refractivity contribution in [1.29, 1.82) is 0 Å². The van der Waals surface area contributed by atoms with Crippen molar-refractivity contribution < 1.29 is 18.3 Å². The highest BCUT2D eigenvalue weighted by Crippen LogP contribution is 2.34. The Morgan fingerprint density at radius 1 is 1.56 bits per heavy atom. The number of halogens is 2. The maximum Gasteiger partial charge on any atom is 0.321 e. The smallest absolute Gasteiger partial charge is 0.321 e. The Morgan fingerprint density at radius 2 is 2.12 bits per heavy atom. The maximum absolute atomic E-state index is 11.7. The van der Waals surface area contributed by atoms with E-state index < -0.39 is 22.0 Å². The van der Waals surface area contributed by atoms with E-state index in [-0.39, 0.29) is 13.6 Å². The number of carboxylic acid groups (broad SMARTS) is 1. The van der Waals surface area contributed by atoms with Crippen molar-refractivity contribution in [3.05, 3.63) is 14.7 Å². The topological polar surface area (TPSA) is 83.5 Å². The Morgan fingerprint density at radius 3 is 2.50 bits per heavy atom. The van der Waals surface area contributed by atoms with Gasteiger partial charge in [0.25, 0.3) is 0 Å². The SMILES string of the molecule is C[C@@H](NS(=O)(=O)c1cc(Cl)sc1Cl)C(=O)O. The summed E-state index contributed by atoms with van der Waals surface area (Å²) < 4.78 is 25.5. The fraction of sp³-hybridized carbons (Fsp3) is 0.286. The lowest BCUT2D eigenvalue weighted by Gasteiger charge is -2.08. The largest absolute Gasteiger partial charge is 0.480 e. The number of rotatable bonds is 4. The van der Waals surface area contributed by atoms with Crippen LogP contribution in [0.5, 0.6) is 0 Å². The Bertz CT molecular complexity index is 510. The summed E-state index contributed by atoms with van der Waals surface area (Å²) >= 11 is 12.2. The first-order valence-electron chi connectivity index (χ1n) is 3.94. The van der Waals surface area contributed by atoms with Gasteiger partial charge in [-0.25, -0.2) is 8.42 Å². The fourth-order valence-electron chi connectivity index (χ4n) is 0.855. The molecule has 0 aliphatic heterocycles. The lowest BCUT2D eigenvalue weighted by molar-refractivity contribution is -0.138. The number of aliphatic carboxylic acids is 1. The zero-order valence-corrected chi connectivity index (χ0v) is 11.0. The van der Waals surface area contributed by atoms with Gasteiger partial charge in [-0.1, -0.05) is 23.2 Å². The number of carboxylic acids is 1. The minimum absolute atomic E-state index is 0.00455. The lowest BCUT2D eigenvalue weighted by atomic mass is 10.4. The van der Waals surface area contributed by atoms with E-state index in [0.717, 1.165) is 11.3 Å². The second-order valence-corrected chi connectivity index (χ2v) is 6.84. The Hall–Kier alpha value is -0.340. The summed E-state index contributed by atoms with van der Waals surface area (Å²) in [5.74, 6) is -1.28. The van der Waals surface area contributed by atoms with Crippen molar-refractivity contribution >= 4 is 50.5 Å². The molecule has 0 saturated heterocycles. The standard InChI is InChI=1S/C7H7Cl2NO4S2/c1-3(7(11)12)10-16(13,14)4-2-5(8)15-6(4)9/h2-3,10H,1H3,(H,11,12)/t3-/m1/s1. The predicted molar refractivity (Wildman–Crippen MR) is 61.8 cm³/mol. The van der Waals surface area contributed by atoms with E-state index in [1.807, 2.05) is 4.72 Å². The molecule has 0 saturated carbocycles. The molecule has 0 aliphatic carbocycles. The van der Waals surface area contributed by atoms with Crippen LogP contribution in [0.1, 0.15) is 6.92 Å². The van der Waals surface area contributed by atoms with E-state index >= 15 is 0 Å². The molecule has 16 heavy (non-hydrogen) atoms. The molecule has 0 bridgehead atoms. The van der Waals surface area contributed by atoms with Gasteiger partial charge in [0.2, 0.25) is 10.0 Å². The molecule has 1 atom stereocenters. The van der Waals surface area contributed by atoms with Crippen LogP contribution >= 0.6 is 34.5 Å². The molecule has 5 nitrogen and oxygen atoms in total. The van der Waals surface area contributed by atoms with E-state index in [4.69, 9.17) is 28.3 Å². The molecule has 0 radical (unpaired) electrons. The summed E-state index contributed by atoms with van der Waals surface area (Å²) in [6.45, 7) is 1.21. The van der Waals surface area contributed by atoms with Gasteiger partial charge in [-0.2, -0.15) is 4.72 Å². The molecule has 1 aromatic heterocycles. The average molecular weight is 304 g/mol. The summed E-state index contributed by atoms with van der Waals surface area (Å²) in [6, 6.07) is -0.0643. The van der Waals surface area contributed by atoms with Gasteiger partial charge in [0.1, 0.15) is 15.3 Å². The molecule has 1 rings (SSSR count). The van der Waals surface area contributed by atoms with Crippen LogP contribution in [0.15, 0.2) is 11.0 Å². The first-order valence-corrected chi connectivity index (χ1v) is 6.99. The van der Waals surface area contributed by atoms with E-state index in [0.29, 0.717) is 0 Å². The first kappa shape index (κ1) is 13.7. The molecular weight excluding hydrogens is 297 g/mol. The van der Waals surface area contributed by atoms with E-state index in [1.54, 1.807) is 0 Å². The molecule has 0 amide bonds. The van der Waals surface area contributed by atoms with Crippen molar-refractivity contribution in [3.63, 3.8) is 0 Å². The molecule has 9 heteroatoms. The molecule has 0 unspecified atom stereocenters. The first-order chi connectivity index (χ1) is 7.24. The molecule has 1 aromatic rings. The van der Waals surface area contributed by atoms with Gasteiger partial charge in [-0.15, -0.1) is 11.3 Å². The summed E-state index contributed by atoms with van der Waals surface area (Å²) in [6.07, 6.45) is 0. The average Bonchev–Trinajstić information content (AvgIpc) is 2.45. The third-order valence-electron chi connectivity index (χ3n) is 1.62. The van der Waals surface area contributed by atoms with Gasteiger partial charge in [0.15, 0.2) is 0 Å². The van der Waals surface area contributed by atoms with Crippen LogP contribution in [0.2, 0.25) is 8.67 Å². The van der Waals surface area contributed by atoms with Crippen LogP contribution in [0.25, 0.3) is 0 Å². The fourth-order valence-corrected chi connectivity index (χ4v) is 4.20. The van der Waals surface area contributed by atoms with E-state index in [9.17, 15) is 13.2 Å². The maximum atomic E-state index is 11.7. The molecule has 2 N–H and O–H groups in total. The monoisotopic (exact) mass is 303 g/mol. The van der Waals surface area contributed by atoms with Crippen molar-refractivity contribution in [3.8, 4) is 0 Å². The number of carbonyl (C=O) groups is 1. The molecule has 0 aliphatic rings. The number of hydrogen-bond acceptors (Lipinski definition) is 4. The van der Waals surface area contributed by atoms with Gasteiger partial charge < -0.3 is 5.11 Å². The number of sulfonamides is 1. The van der Waals surface area contributed by atoms with Gasteiger partial charge in [-0.3, -0.25) is 4.79 Å². The van der Waals surface area contributed by atoms with Crippen LogP contribution in [-0.2, 0) is 14.8 Å². The van der Waals surface area contributed by atoms with Crippen molar-refractivity contribution in [2.75, 3.05) is 0 Å². The molecule has 90 valence electrons. The predicted octanol–water partition coefficient (Wildman–Crippen LogP) is 1.81. The molecule has 0 fully saturated rings. The van der Waals surface area contributed by atoms with Crippen molar-refractivity contribution in [2.45, 2.75) is 17.9 Å². The van der Waals surface area contributed by atoms with Crippen LogP contribution in [0, 0.1) is 0 Å². The van der Waals surface area contributed by atoms with Crippen LogP contribution in [0.3, 0.4) is 0 Å². The second kappa shape index (κ2) is 4.89. The summed E-state index contributed by atoms with van der Waals surface area (Å²) in [7, 11) is -3.95. The van der Waals surface area contributed by atoms with Crippen molar-refractivity contribution in [1.82, 2.24) is 4.72 Å². The summed E-state index contributed by atoms with van der Waals surface area (Å²) in [5, 5.41) is 8.58. The van der Waals surface area contributed by atoms with Gasteiger partial charge in [0.05, 0.1) is 4.34 Å². The summed E-state index contributed by atoms with van der Waals surface area (Å²) in [4.78, 5) is 10.3. The van der Waals surface area contributed by atoms with Gasteiger partial charge >= 0.3 is 5.97 Å². The zero-order valence-electron chi connectivity index (χ0n) is 7.90. The molecule has 1 heterocycles. The highest BCUT2D eigenvalue weighted by Gasteiger charge is 2.25. The molecule has 0 spiro atoms. The van der Waals surface area contributed by atoms with Crippen LogP contribution in [-0.4, -0.2) is 25.5 Å². The number of nitrogens with one attached hydrogen (secondary N) is 1. The van der Waals surface area contributed by atoms with E-state index in [2.05, 4.69) is 0 Å². The highest BCUT2D eigenvalue weighted by molar-refractivity contribution is 7.89. The van der Waals surface area contributed by atoms with E-state index in [1.165, 1.54) is 13.0 Å². The third-order valence-corrected chi connectivity index (χ3v) is 4.91. The van der Waals surface area contributed by atoms with Crippen LogP contribution < -0.4 is 4.72 Å². The second-order valence-electron chi connectivity index (χ2n) is 2.87. The molecule has 0 aromatic carbocycles. The van der Waals surface area contributed by atoms with Gasteiger partial charge in [-0.05, 0) is 13.0 Å². The minimum Gasteiger partial charge on any atom is -0.480 e. The highest BCUT2D eigenvalue weighted by atomic mass is 35.5. The molecular formula is C7H7Cl2NO4S2.